The molecule has 27 heavy (non-hydrogen) atoms. The van der Waals surface area contributed by atoms with Crippen LogP contribution >= 0.6 is 12.2 Å². The topological polar surface area (TPSA) is 27.7 Å². The molecule has 0 amide bonds. The molecular weight excluding hydrogens is 354 g/mol. The van der Waals surface area contributed by atoms with Gasteiger partial charge in [0, 0.05) is 44.8 Å². The predicted octanol–water partition coefficient (Wildman–Crippen LogP) is 3.70. The molecule has 2 aliphatic rings. The van der Waals surface area contributed by atoms with Gasteiger partial charge in [-0.1, -0.05) is 31.2 Å². The van der Waals surface area contributed by atoms with Gasteiger partial charge in [0.2, 0.25) is 0 Å². The first-order valence-corrected chi connectivity index (χ1v) is 10.2. The summed E-state index contributed by atoms with van der Waals surface area (Å²) >= 11 is 5.64. The van der Waals surface area contributed by atoms with E-state index in [2.05, 4.69) is 64.5 Å². The summed E-state index contributed by atoms with van der Waals surface area (Å²) < 4.78 is 5.61. The standard InChI is InChI=1S/C22H27N3OS/c1-2-17-4-3-5-20(15-17)23-22(27)25-11-9-24(10-12-25)16-18-6-7-21-19(14-18)8-13-26-21/h3-7,14-15H,2,8-13,16H2,1H3,(H,23,27). The molecule has 2 heterocycles. The summed E-state index contributed by atoms with van der Waals surface area (Å²) in [6.45, 7) is 7.99. The highest BCUT2D eigenvalue weighted by molar-refractivity contribution is 7.80. The number of aryl methyl sites for hydroxylation is 1. The molecule has 2 aliphatic heterocycles. The molecule has 0 saturated carbocycles. The van der Waals surface area contributed by atoms with E-state index in [9.17, 15) is 0 Å². The van der Waals surface area contributed by atoms with Gasteiger partial charge in [-0.2, -0.15) is 0 Å². The number of fused-ring (bicyclic) bond motifs is 1. The maximum atomic E-state index is 5.64. The van der Waals surface area contributed by atoms with Crippen molar-refractivity contribution in [3.8, 4) is 5.75 Å². The zero-order chi connectivity index (χ0) is 18.6. The molecule has 4 rings (SSSR count). The number of nitrogens with zero attached hydrogens (tertiary/aromatic N) is 2. The number of piperazine rings is 1. The summed E-state index contributed by atoms with van der Waals surface area (Å²) in [5.74, 6) is 1.06. The Morgan fingerprint density at radius 1 is 1.07 bits per heavy atom. The van der Waals surface area contributed by atoms with Crippen molar-refractivity contribution in [2.45, 2.75) is 26.3 Å². The number of nitrogens with one attached hydrogen (secondary N) is 1. The molecule has 142 valence electrons. The summed E-state index contributed by atoms with van der Waals surface area (Å²) in [5, 5.41) is 4.24. The quantitative estimate of drug-likeness (QED) is 0.816. The summed E-state index contributed by atoms with van der Waals surface area (Å²) in [5.41, 5.74) is 5.14. The van der Waals surface area contributed by atoms with Crippen molar-refractivity contribution in [2.24, 2.45) is 0 Å². The van der Waals surface area contributed by atoms with Gasteiger partial charge in [0.15, 0.2) is 5.11 Å². The molecule has 0 aromatic heterocycles. The van der Waals surface area contributed by atoms with E-state index in [-0.39, 0.29) is 0 Å². The third kappa shape index (κ3) is 4.42. The second-order valence-electron chi connectivity index (χ2n) is 7.29. The van der Waals surface area contributed by atoms with Crippen LogP contribution in [-0.2, 0) is 19.4 Å². The smallest absolute Gasteiger partial charge is 0.173 e. The molecule has 0 unspecified atom stereocenters. The van der Waals surface area contributed by atoms with Gasteiger partial charge >= 0.3 is 0 Å². The molecule has 0 atom stereocenters. The molecular formula is C22H27N3OS. The van der Waals surface area contributed by atoms with Gasteiger partial charge in [-0.3, -0.25) is 4.90 Å². The Labute approximate surface area is 167 Å². The highest BCUT2D eigenvalue weighted by atomic mass is 32.1. The Bertz CT molecular complexity index is 815. The molecule has 5 heteroatoms. The Balaban J connectivity index is 1.28. The van der Waals surface area contributed by atoms with Crippen molar-refractivity contribution in [3.05, 3.63) is 59.2 Å². The van der Waals surface area contributed by atoms with Crippen molar-refractivity contribution in [2.75, 3.05) is 38.1 Å². The van der Waals surface area contributed by atoms with E-state index < -0.39 is 0 Å². The molecule has 1 N–H and O–H groups in total. The Morgan fingerprint density at radius 3 is 2.74 bits per heavy atom. The SMILES string of the molecule is CCc1cccc(NC(=S)N2CCN(Cc3ccc4c(c3)CCO4)CC2)c1. The molecule has 2 aromatic rings. The van der Waals surface area contributed by atoms with E-state index in [0.717, 1.165) is 68.7 Å². The number of hydrogen-bond donors (Lipinski definition) is 1. The average Bonchev–Trinajstić information content (AvgIpc) is 3.16. The molecule has 0 bridgehead atoms. The molecule has 1 fully saturated rings. The summed E-state index contributed by atoms with van der Waals surface area (Å²) in [7, 11) is 0. The van der Waals surface area contributed by atoms with Crippen LogP contribution in [0, 0.1) is 0 Å². The lowest BCUT2D eigenvalue weighted by molar-refractivity contribution is 0.177. The fraction of sp³-hybridized carbons (Fsp3) is 0.409. The number of hydrogen-bond acceptors (Lipinski definition) is 3. The van der Waals surface area contributed by atoms with Crippen molar-refractivity contribution < 1.29 is 4.74 Å². The maximum Gasteiger partial charge on any atom is 0.173 e. The first-order valence-electron chi connectivity index (χ1n) is 9.83. The average molecular weight is 382 g/mol. The normalized spacial score (nSPS) is 16.7. The van der Waals surface area contributed by atoms with Gasteiger partial charge in [0.25, 0.3) is 0 Å². The third-order valence-electron chi connectivity index (χ3n) is 5.41. The summed E-state index contributed by atoms with van der Waals surface area (Å²) in [4.78, 5) is 4.79. The molecule has 0 spiro atoms. The lowest BCUT2D eigenvalue weighted by atomic mass is 10.1. The van der Waals surface area contributed by atoms with E-state index in [0.29, 0.717) is 0 Å². The number of ether oxygens (including phenoxy) is 1. The Morgan fingerprint density at radius 2 is 1.93 bits per heavy atom. The molecule has 0 radical (unpaired) electrons. The number of thiocarbonyl (C=S) groups is 1. The molecule has 0 aliphatic carbocycles. The largest absolute Gasteiger partial charge is 0.493 e. The summed E-state index contributed by atoms with van der Waals surface area (Å²) in [6.07, 6.45) is 2.08. The number of rotatable bonds is 4. The summed E-state index contributed by atoms with van der Waals surface area (Å²) in [6, 6.07) is 15.1. The van der Waals surface area contributed by atoms with Crippen LogP contribution in [0.4, 0.5) is 5.69 Å². The van der Waals surface area contributed by atoms with Crippen molar-refractivity contribution >= 4 is 23.0 Å². The van der Waals surface area contributed by atoms with E-state index in [1.54, 1.807) is 0 Å². The van der Waals surface area contributed by atoms with Gasteiger partial charge in [-0.05, 0) is 53.5 Å². The van der Waals surface area contributed by atoms with Crippen LogP contribution in [0.2, 0.25) is 0 Å². The van der Waals surface area contributed by atoms with Crippen molar-refractivity contribution in [3.63, 3.8) is 0 Å². The fourth-order valence-electron chi connectivity index (χ4n) is 3.78. The van der Waals surface area contributed by atoms with Crippen LogP contribution in [0.1, 0.15) is 23.6 Å². The first kappa shape index (κ1) is 18.3. The van der Waals surface area contributed by atoms with Gasteiger partial charge < -0.3 is 15.0 Å². The maximum absolute atomic E-state index is 5.64. The Hall–Kier alpha value is -2.11. The zero-order valence-corrected chi connectivity index (χ0v) is 16.7. The molecule has 4 nitrogen and oxygen atoms in total. The second kappa shape index (κ2) is 8.28. The van der Waals surface area contributed by atoms with Gasteiger partial charge in [-0.15, -0.1) is 0 Å². The third-order valence-corrected chi connectivity index (χ3v) is 5.77. The van der Waals surface area contributed by atoms with E-state index in [4.69, 9.17) is 17.0 Å². The van der Waals surface area contributed by atoms with Crippen LogP contribution in [0.5, 0.6) is 5.75 Å². The lowest BCUT2D eigenvalue weighted by Gasteiger charge is -2.36. The minimum Gasteiger partial charge on any atom is -0.493 e. The zero-order valence-electron chi connectivity index (χ0n) is 15.9. The molecule has 1 saturated heterocycles. The molecule has 2 aromatic carbocycles. The van der Waals surface area contributed by atoms with Crippen LogP contribution in [-0.4, -0.2) is 47.7 Å². The van der Waals surface area contributed by atoms with Crippen LogP contribution in [0.3, 0.4) is 0 Å². The van der Waals surface area contributed by atoms with Gasteiger partial charge in [-0.25, -0.2) is 0 Å². The fourth-order valence-corrected chi connectivity index (χ4v) is 4.08. The minimum atomic E-state index is 0.822. The van der Waals surface area contributed by atoms with E-state index >= 15 is 0 Å². The first-order chi connectivity index (χ1) is 13.2. The second-order valence-corrected chi connectivity index (χ2v) is 7.67. The Kier molecular flexibility index (Phi) is 5.60. The number of anilines is 1. The highest BCUT2D eigenvalue weighted by Crippen LogP contribution is 2.26. The monoisotopic (exact) mass is 381 g/mol. The number of benzene rings is 2. The van der Waals surface area contributed by atoms with Crippen LogP contribution in [0.25, 0.3) is 0 Å². The van der Waals surface area contributed by atoms with Gasteiger partial charge in [0.05, 0.1) is 6.61 Å². The van der Waals surface area contributed by atoms with Gasteiger partial charge in [0.1, 0.15) is 5.75 Å². The van der Waals surface area contributed by atoms with E-state index in [1.807, 2.05) is 0 Å². The predicted molar refractivity (Wildman–Crippen MR) is 115 cm³/mol. The van der Waals surface area contributed by atoms with E-state index in [1.165, 1.54) is 16.7 Å². The van der Waals surface area contributed by atoms with Crippen molar-refractivity contribution in [1.82, 2.24) is 9.80 Å². The highest BCUT2D eigenvalue weighted by Gasteiger charge is 2.20. The van der Waals surface area contributed by atoms with Crippen molar-refractivity contribution in [1.29, 1.82) is 0 Å². The lowest BCUT2D eigenvalue weighted by Crippen LogP contribution is -2.49. The van der Waals surface area contributed by atoms with Crippen LogP contribution in [0.15, 0.2) is 42.5 Å². The van der Waals surface area contributed by atoms with Crippen LogP contribution < -0.4 is 10.1 Å². The minimum absolute atomic E-state index is 0.822.